The zero-order valence-electron chi connectivity index (χ0n) is 12.8. The first-order valence-electron chi connectivity index (χ1n) is 7.12. The lowest BCUT2D eigenvalue weighted by atomic mass is 10.1. The van der Waals surface area contributed by atoms with Crippen molar-refractivity contribution in [3.05, 3.63) is 11.8 Å². The van der Waals surface area contributed by atoms with Crippen LogP contribution < -0.4 is 5.32 Å². The number of aromatic amines is 1. The summed E-state index contributed by atoms with van der Waals surface area (Å²) in [7, 11) is -1.88. The molecular formula is C13H26N4O2S. The van der Waals surface area contributed by atoms with Crippen molar-refractivity contribution in [1.29, 1.82) is 0 Å². The molecule has 7 heteroatoms. The van der Waals surface area contributed by atoms with E-state index in [1.807, 2.05) is 6.92 Å². The molecule has 116 valence electrons. The van der Waals surface area contributed by atoms with Crippen LogP contribution in [0.15, 0.2) is 11.2 Å². The number of hydrogen-bond donors (Lipinski definition) is 2. The van der Waals surface area contributed by atoms with E-state index in [1.165, 1.54) is 4.31 Å². The SMILES string of the molecule is CCCNCc1cn[nH]c1S(=O)(=O)N(C)CC(C)CC. The molecular weight excluding hydrogens is 276 g/mol. The largest absolute Gasteiger partial charge is 0.313 e. The van der Waals surface area contributed by atoms with Crippen LogP contribution >= 0.6 is 0 Å². The second kappa shape index (κ2) is 7.75. The summed E-state index contributed by atoms with van der Waals surface area (Å²) in [5.41, 5.74) is 0.689. The van der Waals surface area contributed by atoms with Gasteiger partial charge in [-0.1, -0.05) is 27.2 Å². The summed E-state index contributed by atoms with van der Waals surface area (Å²) in [5.74, 6) is 0.333. The molecule has 0 bridgehead atoms. The Kier molecular flexibility index (Phi) is 6.64. The maximum absolute atomic E-state index is 12.5. The van der Waals surface area contributed by atoms with Crippen LogP contribution in [-0.2, 0) is 16.6 Å². The second-order valence-electron chi connectivity index (χ2n) is 5.20. The second-order valence-corrected chi connectivity index (χ2v) is 7.18. The molecule has 1 aromatic heterocycles. The molecule has 0 aliphatic heterocycles. The molecule has 0 amide bonds. The van der Waals surface area contributed by atoms with E-state index in [-0.39, 0.29) is 5.03 Å². The van der Waals surface area contributed by atoms with E-state index in [2.05, 4.69) is 29.4 Å². The van der Waals surface area contributed by atoms with Gasteiger partial charge in [0.05, 0.1) is 6.20 Å². The van der Waals surface area contributed by atoms with Crippen LogP contribution in [0.4, 0.5) is 0 Å². The monoisotopic (exact) mass is 302 g/mol. The number of H-pyrrole nitrogens is 1. The fourth-order valence-electron chi connectivity index (χ4n) is 1.87. The number of rotatable bonds is 9. The lowest BCUT2D eigenvalue weighted by molar-refractivity contribution is 0.392. The van der Waals surface area contributed by atoms with Crippen LogP contribution in [0.1, 0.15) is 39.2 Å². The molecule has 1 rings (SSSR count). The van der Waals surface area contributed by atoms with E-state index >= 15 is 0 Å². The Labute approximate surface area is 122 Å². The van der Waals surface area contributed by atoms with Gasteiger partial charge in [0.15, 0.2) is 5.03 Å². The lowest BCUT2D eigenvalue weighted by Crippen LogP contribution is -2.32. The van der Waals surface area contributed by atoms with Crippen molar-refractivity contribution in [2.75, 3.05) is 20.1 Å². The predicted octanol–water partition coefficient (Wildman–Crippen LogP) is 1.58. The van der Waals surface area contributed by atoms with Gasteiger partial charge in [-0.3, -0.25) is 5.10 Å². The van der Waals surface area contributed by atoms with E-state index in [0.717, 1.165) is 19.4 Å². The third-order valence-electron chi connectivity index (χ3n) is 3.35. The molecule has 1 atom stereocenters. The molecule has 0 aliphatic carbocycles. The highest BCUT2D eigenvalue weighted by Gasteiger charge is 2.26. The smallest absolute Gasteiger partial charge is 0.260 e. The molecule has 0 radical (unpaired) electrons. The maximum atomic E-state index is 12.5. The Morgan fingerprint density at radius 1 is 1.45 bits per heavy atom. The highest BCUT2D eigenvalue weighted by atomic mass is 32.2. The van der Waals surface area contributed by atoms with Gasteiger partial charge in [0.1, 0.15) is 0 Å². The van der Waals surface area contributed by atoms with E-state index < -0.39 is 10.0 Å². The minimum Gasteiger partial charge on any atom is -0.313 e. The van der Waals surface area contributed by atoms with Crippen LogP contribution in [0, 0.1) is 5.92 Å². The van der Waals surface area contributed by atoms with Crippen molar-refractivity contribution >= 4 is 10.0 Å². The van der Waals surface area contributed by atoms with E-state index in [0.29, 0.717) is 24.6 Å². The van der Waals surface area contributed by atoms with Crippen LogP contribution in [0.3, 0.4) is 0 Å². The number of nitrogens with zero attached hydrogens (tertiary/aromatic N) is 2. The third kappa shape index (κ3) is 4.29. The Morgan fingerprint density at radius 2 is 2.15 bits per heavy atom. The van der Waals surface area contributed by atoms with Crippen LogP contribution in [0.5, 0.6) is 0 Å². The highest BCUT2D eigenvalue weighted by Crippen LogP contribution is 2.18. The summed E-state index contributed by atoms with van der Waals surface area (Å²) in [6, 6.07) is 0. The van der Waals surface area contributed by atoms with Gasteiger partial charge in [-0.05, 0) is 18.9 Å². The summed E-state index contributed by atoms with van der Waals surface area (Å²) in [5, 5.41) is 9.90. The molecule has 0 aliphatic rings. The fraction of sp³-hybridized carbons (Fsp3) is 0.769. The summed E-state index contributed by atoms with van der Waals surface area (Å²) in [4.78, 5) is 0. The fourth-order valence-corrected chi connectivity index (χ4v) is 3.26. The van der Waals surface area contributed by atoms with Crippen molar-refractivity contribution in [3.8, 4) is 0 Å². The van der Waals surface area contributed by atoms with Crippen LogP contribution in [0.2, 0.25) is 0 Å². The number of sulfonamides is 1. The van der Waals surface area contributed by atoms with Crippen molar-refractivity contribution in [2.45, 2.75) is 45.2 Å². The van der Waals surface area contributed by atoms with Gasteiger partial charge in [0, 0.05) is 25.7 Å². The summed E-state index contributed by atoms with van der Waals surface area (Å²) in [6.07, 6.45) is 3.54. The Morgan fingerprint density at radius 3 is 2.75 bits per heavy atom. The quantitative estimate of drug-likeness (QED) is 0.679. The Hall–Kier alpha value is -0.920. The zero-order valence-corrected chi connectivity index (χ0v) is 13.6. The van der Waals surface area contributed by atoms with Crippen LogP contribution in [0.25, 0.3) is 0 Å². The van der Waals surface area contributed by atoms with E-state index in [9.17, 15) is 8.42 Å². The van der Waals surface area contributed by atoms with Gasteiger partial charge in [0.2, 0.25) is 0 Å². The van der Waals surface area contributed by atoms with Gasteiger partial charge < -0.3 is 5.32 Å². The van der Waals surface area contributed by atoms with E-state index in [4.69, 9.17) is 0 Å². The number of aromatic nitrogens is 2. The standard InChI is InChI=1S/C13H26N4O2S/c1-5-7-14-8-12-9-15-16-13(12)20(18,19)17(4)10-11(3)6-2/h9,11,14H,5-8,10H2,1-4H3,(H,15,16). The average molecular weight is 302 g/mol. The molecule has 1 heterocycles. The van der Waals surface area contributed by atoms with Crippen molar-refractivity contribution in [3.63, 3.8) is 0 Å². The minimum absolute atomic E-state index is 0.201. The molecule has 20 heavy (non-hydrogen) atoms. The molecule has 6 nitrogen and oxygen atoms in total. The third-order valence-corrected chi connectivity index (χ3v) is 5.19. The topological polar surface area (TPSA) is 78.1 Å². The lowest BCUT2D eigenvalue weighted by Gasteiger charge is -2.20. The first-order chi connectivity index (χ1) is 9.43. The molecule has 0 saturated carbocycles. The van der Waals surface area contributed by atoms with Crippen molar-refractivity contribution in [2.24, 2.45) is 5.92 Å². The average Bonchev–Trinajstić information content (AvgIpc) is 2.87. The molecule has 2 N–H and O–H groups in total. The Balaban J connectivity index is 2.84. The summed E-state index contributed by atoms with van der Waals surface area (Å²) >= 11 is 0. The first kappa shape index (κ1) is 17.1. The van der Waals surface area contributed by atoms with E-state index in [1.54, 1.807) is 13.2 Å². The van der Waals surface area contributed by atoms with Gasteiger partial charge >= 0.3 is 0 Å². The molecule has 0 saturated heterocycles. The molecule has 1 unspecified atom stereocenters. The molecule has 1 aromatic rings. The van der Waals surface area contributed by atoms with Gasteiger partial charge in [-0.25, -0.2) is 8.42 Å². The van der Waals surface area contributed by atoms with Crippen molar-refractivity contribution < 1.29 is 8.42 Å². The van der Waals surface area contributed by atoms with Crippen molar-refractivity contribution in [1.82, 2.24) is 19.8 Å². The highest BCUT2D eigenvalue weighted by molar-refractivity contribution is 7.89. The normalized spacial score (nSPS) is 13.8. The van der Waals surface area contributed by atoms with Gasteiger partial charge in [0.25, 0.3) is 10.0 Å². The summed E-state index contributed by atoms with van der Waals surface area (Å²) in [6.45, 7) is 8.05. The molecule has 0 spiro atoms. The Bertz CT molecular complexity index is 498. The predicted molar refractivity (Wildman–Crippen MR) is 79.9 cm³/mol. The number of nitrogens with one attached hydrogen (secondary N) is 2. The van der Waals surface area contributed by atoms with Gasteiger partial charge in [-0.2, -0.15) is 9.40 Å². The van der Waals surface area contributed by atoms with Gasteiger partial charge in [-0.15, -0.1) is 0 Å². The summed E-state index contributed by atoms with van der Waals surface area (Å²) < 4.78 is 26.5. The van der Waals surface area contributed by atoms with Crippen LogP contribution in [-0.4, -0.2) is 43.1 Å². The molecule has 0 fully saturated rings. The molecule has 0 aromatic carbocycles. The zero-order chi connectivity index (χ0) is 15.2. The minimum atomic E-state index is -3.49. The maximum Gasteiger partial charge on any atom is 0.260 e. The first-order valence-corrected chi connectivity index (χ1v) is 8.56. The number of hydrogen-bond acceptors (Lipinski definition) is 4.